The van der Waals surface area contributed by atoms with E-state index < -0.39 is 47.1 Å². The molecule has 458 valence electrons. The van der Waals surface area contributed by atoms with E-state index in [1.807, 2.05) is 23.0 Å². The molecule has 0 radical (unpaired) electrons. The number of carbonyl (C=O) groups excluding carboxylic acids is 1. The summed E-state index contributed by atoms with van der Waals surface area (Å²) < 4.78 is 122. The molecular formula is C66H57ClF6N8O8. The summed E-state index contributed by atoms with van der Waals surface area (Å²) in [5, 5.41) is 9.59. The van der Waals surface area contributed by atoms with E-state index in [1.54, 1.807) is 67.6 Å². The number of fused-ring (bicyclic) bond motifs is 2. The number of esters is 1. The lowest BCUT2D eigenvalue weighted by Gasteiger charge is -2.28. The van der Waals surface area contributed by atoms with Gasteiger partial charge >= 0.3 is 11.9 Å². The van der Waals surface area contributed by atoms with Crippen LogP contribution >= 0.6 is 11.6 Å². The standard InChI is InChI=1S/C33H28ClF3N4O4.C33H29F3N4O4/c1-33(2)17-44-16-27(33)41-26-12-18(32(42)43-3)7-9-25(26)38-29(41)13-20-11-23(36)21(14-22(20)35)24-5-4-6-30(39-24)45-15-19-8-10-28(34)40-31(19)37;1-18-7-8-20(31(36)37-18)15-44-30-6-4-5-25(39-30)22-14-23(34)21(11-24(22)35)13-29-38-26-10-9-19(32(41)42)12-27(26)40(29)28-16-43-17-33(28,2)3/h4-12,14,27H,13,15-17H2,1-3H3;4-12,14,28H,13,15-17H2,1-3H3,(H,41,42)/t27-;28-/m11/s1. The SMILES string of the molecule is COC(=O)c1ccc2nc(Cc3cc(F)c(-c4cccc(OCc5ccc(Cl)nc5F)n4)cc3F)n([C@@H]3COCC3(C)C)c2c1.Cc1ccc(COc2cccc(-c3cc(F)c(Cc4nc5ccc(C(=O)O)cc5n4[C@@H]4COCC4(C)C)cc3F)n2)c(F)n1. The molecule has 0 unspecified atom stereocenters. The number of aryl methyl sites for hydroxylation is 1. The van der Waals surface area contributed by atoms with Crippen LogP contribution in [0.5, 0.6) is 11.8 Å². The second-order valence-electron chi connectivity index (χ2n) is 23.0. The first-order chi connectivity index (χ1) is 42.5. The van der Waals surface area contributed by atoms with Gasteiger partial charge in [-0.1, -0.05) is 51.4 Å². The van der Waals surface area contributed by atoms with Crippen molar-refractivity contribution in [3.8, 4) is 34.3 Å². The summed E-state index contributed by atoms with van der Waals surface area (Å²) in [4.78, 5) is 49.4. The largest absolute Gasteiger partial charge is 0.478 e. The Bertz CT molecular complexity index is 4390. The normalized spacial score (nSPS) is 15.9. The van der Waals surface area contributed by atoms with Crippen LogP contribution in [0.2, 0.25) is 5.15 Å². The maximum Gasteiger partial charge on any atom is 0.337 e. The van der Waals surface area contributed by atoms with Gasteiger partial charge in [0.25, 0.3) is 0 Å². The Morgan fingerprint density at radius 3 is 1.49 bits per heavy atom. The predicted molar refractivity (Wildman–Crippen MR) is 317 cm³/mol. The van der Waals surface area contributed by atoms with Crippen molar-refractivity contribution >= 4 is 45.6 Å². The fourth-order valence-corrected chi connectivity index (χ4v) is 11.1. The van der Waals surface area contributed by atoms with E-state index >= 15 is 17.6 Å². The van der Waals surface area contributed by atoms with E-state index in [2.05, 4.69) is 33.8 Å². The number of benzene rings is 4. The van der Waals surface area contributed by atoms with E-state index in [0.29, 0.717) is 71.4 Å². The van der Waals surface area contributed by atoms with Gasteiger partial charge in [-0.3, -0.25) is 0 Å². The summed E-state index contributed by atoms with van der Waals surface area (Å²) in [6.07, 6.45) is -0.0610. The molecule has 1 N–H and O–H groups in total. The van der Waals surface area contributed by atoms with E-state index in [9.17, 15) is 23.5 Å². The Balaban J connectivity index is 0.000000184. The first-order valence-corrected chi connectivity index (χ1v) is 28.5. The van der Waals surface area contributed by atoms with Crippen molar-refractivity contribution in [2.45, 2.75) is 72.8 Å². The number of nitrogens with zero attached hydrogens (tertiary/aromatic N) is 8. The third-order valence-corrected chi connectivity index (χ3v) is 16.0. The number of hydrogen-bond acceptors (Lipinski definition) is 13. The number of aromatic carboxylic acids is 1. The van der Waals surface area contributed by atoms with Crippen LogP contribution < -0.4 is 9.47 Å². The summed E-state index contributed by atoms with van der Waals surface area (Å²) >= 11 is 5.70. The zero-order valence-corrected chi connectivity index (χ0v) is 49.6. The van der Waals surface area contributed by atoms with E-state index in [-0.39, 0.29) is 116 Å². The highest BCUT2D eigenvalue weighted by Crippen LogP contribution is 2.43. The number of carboxylic acid groups (broad SMARTS) is 1. The summed E-state index contributed by atoms with van der Waals surface area (Å²) in [6, 6.07) is 29.1. The Morgan fingerprint density at radius 2 is 1.04 bits per heavy atom. The average molecular weight is 1240 g/mol. The Labute approximate surface area is 511 Å². The van der Waals surface area contributed by atoms with E-state index in [4.69, 9.17) is 45.3 Å². The predicted octanol–water partition coefficient (Wildman–Crippen LogP) is 13.8. The zero-order chi connectivity index (χ0) is 63.1. The van der Waals surface area contributed by atoms with Crippen LogP contribution in [0.15, 0.2) is 121 Å². The molecule has 2 saturated heterocycles. The second-order valence-corrected chi connectivity index (χ2v) is 23.4. The third kappa shape index (κ3) is 13.0. The van der Waals surface area contributed by atoms with Crippen LogP contribution in [0.4, 0.5) is 26.3 Å². The van der Waals surface area contributed by atoms with Gasteiger partial charge in [0.1, 0.15) is 53.3 Å². The summed E-state index contributed by atoms with van der Waals surface area (Å²) in [7, 11) is 1.31. The molecule has 89 heavy (non-hydrogen) atoms. The minimum Gasteiger partial charge on any atom is -0.478 e. The van der Waals surface area contributed by atoms with Crippen molar-refractivity contribution in [1.82, 2.24) is 39.0 Å². The van der Waals surface area contributed by atoms with Gasteiger partial charge in [-0.15, -0.1) is 0 Å². The first-order valence-electron chi connectivity index (χ1n) is 28.1. The van der Waals surface area contributed by atoms with Crippen molar-refractivity contribution in [3.63, 3.8) is 0 Å². The minimum absolute atomic E-state index is 0.0127. The number of rotatable bonds is 16. The topological polar surface area (TPSA) is 188 Å². The number of hydrogen-bond donors (Lipinski definition) is 1. The maximum absolute atomic E-state index is 15.7. The molecular weight excluding hydrogens is 1180 g/mol. The number of methoxy groups -OCH3 is 1. The van der Waals surface area contributed by atoms with Crippen molar-refractivity contribution in [1.29, 1.82) is 0 Å². The van der Waals surface area contributed by atoms with E-state index in [1.165, 1.54) is 43.5 Å². The Kier molecular flexibility index (Phi) is 17.3. The molecule has 4 aromatic carbocycles. The van der Waals surface area contributed by atoms with Gasteiger partial charge in [-0.25, -0.2) is 57.1 Å². The molecule has 0 saturated carbocycles. The molecule has 2 fully saturated rings. The summed E-state index contributed by atoms with van der Waals surface area (Å²) in [6.45, 7) is 11.3. The fraction of sp³-hybridized carbons (Fsp3) is 0.273. The maximum atomic E-state index is 15.7. The molecule has 0 bridgehead atoms. The average Bonchev–Trinajstić information content (AvgIpc) is 1.88. The molecule has 16 nitrogen and oxygen atoms in total. The molecule has 2 aliphatic heterocycles. The van der Waals surface area contributed by atoms with Crippen LogP contribution in [0.3, 0.4) is 0 Å². The number of carboxylic acids is 1. The van der Waals surface area contributed by atoms with Crippen LogP contribution in [0, 0.1) is 52.9 Å². The number of ether oxygens (including phenoxy) is 5. The molecule has 8 heterocycles. The van der Waals surface area contributed by atoms with Crippen molar-refractivity contribution in [2.24, 2.45) is 10.8 Å². The molecule has 6 aromatic heterocycles. The van der Waals surface area contributed by atoms with Crippen LogP contribution in [-0.4, -0.2) is 89.6 Å². The molecule has 2 aliphatic rings. The smallest absolute Gasteiger partial charge is 0.337 e. The molecule has 0 amide bonds. The van der Waals surface area contributed by atoms with Crippen LogP contribution in [0.1, 0.15) is 100 Å². The van der Waals surface area contributed by atoms with Gasteiger partial charge in [-0.05, 0) is 115 Å². The van der Waals surface area contributed by atoms with Gasteiger partial charge in [0, 0.05) is 63.8 Å². The Hall–Kier alpha value is -9.25. The number of aromatic nitrogens is 8. The third-order valence-electron chi connectivity index (χ3n) is 15.8. The summed E-state index contributed by atoms with van der Waals surface area (Å²) in [5.74, 6) is -4.52. The summed E-state index contributed by atoms with van der Waals surface area (Å²) in [5.41, 5.74) is 3.52. The van der Waals surface area contributed by atoms with E-state index in [0.717, 1.165) is 24.3 Å². The highest BCUT2D eigenvalue weighted by molar-refractivity contribution is 6.29. The lowest BCUT2D eigenvalue weighted by atomic mass is 9.87. The van der Waals surface area contributed by atoms with Crippen LogP contribution in [0.25, 0.3) is 44.6 Å². The fourth-order valence-electron chi connectivity index (χ4n) is 11.0. The van der Waals surface area contributed by atoms with Gasteiger partial charge < -0.3 is 37.9 Å². The number of pyridine rings is 4. The highest BCUT2D eigenvalue weighted by atomic mass is 35.5. The van der Waals surface area contributed by atoms with Gasteiger partial charge in [0.2, 0.25) is 23.7 Å². The van der Waals surface area contributed by atoms with Crippen molar-refractivity contribution in [2.75, 3.05) is 33.5 Å². The lowest BCUT2D eigenvalue weighted by molar-refractivity contribution is 0.0599. The first kappa shape index (κ1) is 61.4. The van der Waals surface area contributed by atoms with Crippen LogP contribution in [-0.2, 0) is 40.3 Å². The van der Waals surface area contributed by atoms with Crippen molar-refractivity contribution < 1.29 is 64.7 Å². The number of carbonyl (C=O) groups is 2. The van der Waals surface area contributed by atoms with Gasteiger partial charge in [-0.2, -0.15) is 8.78 Å². The molecule has 10 aromatic rings. The second kappa shape index (κ2) is 25.1. The quantitative estimate of drug-likeness (QED) is 0.0547. The van der Waals surface area contributed by atoms with Crippen molar-refractivity contribution in [3.05, 3.63) is 212 Å². The highest BCUT2D eigenvalue weighted by Gasteiger charge is 2.41. The monoisotopic (exact) mass is 1240 g/mol. The van der Waals surface area contributed by atoms with Gasteiger partial charge in [0.05, 0.1) is 90.2 Å². The molecule has 12 rings (SSSR count). The number of halogens is 7. The molecule has 0 aliphatic carbocycles. The molecule has 23 heteroatoms. The Morgan fingerprint density at radius 1 is 0.573 bits per heavy atom. The molecule has 2 atom stereocenters. The van der Waals surface area contributed by atoms with Gasteiger partial charge in [0.15, 0.2) is 0 Å². The molecule has 0 spiro atoms. The zero-order valence-electron chi connectivity index (χ0n) is 48.9. The minimum atomic E-state index is -1.07. The lowest BCUT2D eigenvalue weighted by Crippen LogP contribution is -2.27. The number of imidazole rings is 2.